The lowest BCUT2D eigenvalue weighted by Gasteiger charge is -2.57. The number of rotatable bonds is 21. The van der Waals surface area contributed by atoms with Crippen LogP contribution in [-0.2, 0) is 28.4 Å². The van der Waals surface area contributed by atoms with Crippen LogP contribution in [0.5, 0.6) is 0 Å². The van der Waals surface area contributed by atoms with E-state index in [0.29, 0.717) is 58.2 Å². The summed E-state index contributed by atoms with van der Waals surface area (Å²) in [6.45, 7) is 2.60. The zero-order chi connectivity index (χ0) is 52.9. The molecule has 24 fully saturated rings. The van der Waals surface area contributed by atoms with Crippen LogP contribution in [0.2, 0.25) is 0 Å². The Labute approximate surface area is 485 Å². The van der Waals surface area contributed by atoms with Gasteiger partial charge in [0.25, 0.3) is 0 Å². The van der Waals surface area contributed by atoms with Gasteiger partial charge in [-0.3, -0.25) is 14.7 Å². The summed E-state index contributed by atoms with van der Waals surface area (Å²) >= 11 is 0. The Balaban J connectivity index is 0.709. The van der Waals surface area contributed by atoms with E-state index in [0.717, 1.165) is 107 Å². The fourth-order valence-corrected chi connectivity index (χ4v) is 27.8. The third kappa shape index (κ3) is 9.36. The van der Waals surface area contributed by atoms with Crippen molar-refractivity contribution in [2.45, 2.75) is 265 Å². The Bertz CT molecular complexity index is 1930. The van der Waals surface area contributed by atoms with E-state index in [4.69, 9.17) is 43.4 Å². The number of hydrogen-bond acceptors (Lipinski definition) is 12. The lowest BCUT2D eigenvalue weighted by Crippen LogP contribution is -2.55. The third-order valence-electron chi connectivity index (χ3n) is 28.5. The first kappa shape index (κ1) is 51.2. The van der Waals surface area contributed by atoms with Gasteiger partial charge in [0.1, 0.15) is 40.4 Å². The first-order chi connectivity index (χ1) is 39.4. The SMILES string of the molecule is C1C2CC3CC1CC(OCN(COC14CC5CC(CC(C5)C1)C4)c1nc(N(COC45CC6CC(CC(C6)C4)C5)COC45CC6CC(CC(C6)C4)C5)nc(N(COC45CC6CC(CC(C6)C4)C5)COC45CC6CC(CC(C6)C4)C5)n1)(C2)C3. The van der Waals surface area contributed by atoms with Crippen LogP contribution in [0.25, 0.3) is 0 Å². The molecule has 12 nitrogen and oxygen atoms in total. The van der Waals surface area contributed by atoms with Crippen molar-refractivity contribution in [2.75, 3.05) is 55.1 Å². The van der Waals surface area contributed by atoms with Crippen LogP contribution in [0, 0.1) is 107 Å². The summed E-state index contributed by atoms with van der Waals surface area (Å²) in [5.41, 5.74) is -0.421. The van der Waals surface area contributed by atoms with Gasteiger partial charge in [-0.25, -0.2) is 0 Å². The number of nitrogens with zero attached hydrogens (tertiary/aromatic N) is 6. The van der Waals surface area contributed by atoms with Crippen molar-refractivity contribution in [1.29, 1.82) is 0 Å². The van der Waals surface area contributed by atoms with Crippen molar-refractivity contribution in [3.8, 4) is 0 Å². The Morgan fingerprint density at radius 1 is 0.210 bits per heavy atom. The van der Waals surface area contributed by atoms with Crippen LogP contribution in [-0.4, -0.2) is 88.9 Å². The Morgan fingerprint density at radius 2 is 0.321 bits per heavy atom. The summed E-state index contributed by atoms with van der Waals surface area (Å²) in [6.07, 6.45) is 46.8. The lowest BCUT2D eigenvalue weighted by molar-refractivity contribution is -0.178. The molecular formula is C69H102N6O6. The molecule has 25 rings (SSSR count). The van der Waals surface area contributed by atoms with E-state index >= 15 is 0 Å². The highest BCUT2D eigenvalue weighted by Crippen LogP contribution is 2.63. The molecule has 1 aromatic heterocycles. The molecule has 0 radical (unpaired) electrons. The molecule has 0 spiro atoms. The minimum absolute atomic E-state index is 0.0702. The topological polar surface area (TPSA) is 104 Å². The van der Waals surface area contributed by atoms with Crippen molar-refractivity contribution in [3.63, 3.8) is 0 Å². The van der Waals surface area contributed by atoms with E-state index in [1.165, 1.54) is 231 Å². The highest BCUT2D eigenvalue weighted by atomic mass is 16.6. The molecule has 0 amide bonds. The Morgan fingerprint density at radius 3 is 0.432 bits per heavy atom. The van der Waals surface area contributed by atoms with Gasteiger partial charge in [0, 0.05) is 0 Å². The molecule has 24 saturated carbocycles. The molecule has 0 aromatic carbocycles. The lowest BCUT2D eigenvalue weighted by atomic mass is 9.54. The predicted octanol–water partition coefficient (Wildman–Crippen LogP) is 13.9. The van der Waals surface area contributed by atoms with Gasteiger partial charge in [0.05, 0.1) is 33.6 Å². The van der Waals surface area contributed by atoms with Crippen LogP contribution < -0.4 is 14.7 Å². The van der Waals surface area contributed by atoms with E-state index in [9.17, 15) is 0 Å². The van der Waals surface area contributed by atoms with Gasteiger partial charge in [-0.15, -0.1) is 0 Å². The molecule has 12 heteroatoms. The predicted molar refractivity (Wildman–Crippen MR) is 308 cm³/mol. The first-order valence-corrected chi connectivity index (χ1v) is 35.3. The Kier molecular flexibility index (Phi) is 11.9. The molecule has 0 N–H and O–H groups in total. The molecule has 1 aromatic rings. The number of anilines is 3. The average molecular weight is 1110 g/mol. The minimum atomic E-state index is -0.0702. The molecule has 1 heterocycles. The summed E-state index contributed by atoms with van der Waals surface area (Å²) in [5, 5.41) is 0. The number of aromatic nitrogens is 3. The van der Waals surface area contributed by atoms with Crippen molar-refractivity contribution in [1.82, 2.24) is 15.0 Å². The van der Waals surface area contributed by atoms with Crippen LogP contribution in [0.4, 0.5) is 17.8 Å². The summed E-state index contributed by atoms with van der Waals surface area (Å²) in [6, 6.07) is 0. The molecular weight excluding hydrogens is 1010 g/mol. The van der Waals surface area contributed by atoms with Crippen molar-refractivity contribution in [2.24, 2.45) is 107 Å². The van der Waals surface area contributed by atoms with Crippen molar-refractivity contribution in [3.05, 3.63) is 0 Å². The molecule has 0 saturated heterocycles. The van der Waals surface area contributed by atoms with E-state index in [2.05, 4.69) is 14.7 Å². The summed E-state index contributed by atoms with van der Waals surface area (Å²) in [5.74, 6) is 16.5. The van der Waals surface area contributed by atoms with Gasteiger partial charge in [0.15, 0.2) is 0 Å². The van der Waals surface area contributed by atoms with Gasteiger partial charge < -0.3 is 28.4 Å². The maximum atomic E-state index is 7.59. The van der Waals surface area contributed by atoms with Crippen LogP contribution in [0.1, 0.15) is 231 Å². The second-order valence-electron chi connectivity index (χ2n) is 35.1. The van der Waals surface area contributed by atoms with Gasteiger partial charge in [-0.2, -0.15) is 15.0 Å². The standard InChI is InChI=1S/C69H102N6O6/c1-43-2-45-3-44(1)20-64(19-43,21-45)76-37-73(38-77-65-22-46-4-47(23-65)6-48(5-46)24-65)61-70-62(74(39-78-66-25-49-7-50(26-66)9-51(8-49)27-66)40-79-67-28-52-10-53(29-67)12-54(11-52)30-67)72-63(71-61)75(41-80-68-31-55-13-56(32-68)15-57(14-55)33-68)42-81-69-34-58-16-59(35-69)18-60(17-58)36-69/h43-60H,1-42H2. The fraction of sp³-hybridized carbons (Fsp3) is 0.957. The minimum Gasteiger partial charge on any atom is -0.354 e. The smallest absolute Gasteiger partial charge is 0.235 e. The summed E-state index contributed by atoms with van der Waals surface area (Å²) in [4.78, 5) is 24.5. The van der Waals surface area contributed by atoms with Crippen LogP contribution in [0.3, 0.4) is 0 Å². The summed E-state index contributed by atoms with van der Waals surface area (Å²) < 4.78 is 45.5. The zero-order valence-corrected chi connectivity index (χ0v) is 49.7. The summed E-state index contributed by atoms with van der Waals surface area (Å²) in [7, 11) is 0. The van der Waals surface area contributed by atoms with Gasteiger partial charge in [0.2, 0.25) is 17.8 Å². The van der Waals surface area contributed by atoms with Crippen molar-refractivity contribution >= 4 is 17.8 Å². The van der Waals surface area contributed by atoms with Crippen LogP contribution >= 0.6 is 0 Å². The van der Waals surface area contributed by atoms with E-state index in [-0.39, 0.29) is 33.6 Å². The van der Waals surface area contributed by atoms with E-state index < -0.39 is 0 Å². The maximum absolute atomic E-state index is 7.59. The van der Waals surface area contributed by atoms with E-state index in [1.54, 1.807) is 0 Å². The Hall–Kier alpha value is -1.83. The molecule has 24 aliphatic rings. The van der Waals surface area contributed by atoms with Gasteiger partial charge in [-0.05, 0) is 338 Å². The highest BCUT2D eigenvalue weighted by Gasteiger charge is 2.58. The quantitative estimate of drug-likeness (QED) is 0.110. The average Bonchev–Trinajstić information content (AvgIpc) is 3.46. The van der Waals surface area contributed by atoms with Crippen LogP contribution in [0.15, 0.2) is 0 Å². The molecule has 0 atom stereocenters. The maximum Gasteiger partial charge on any atom is 0.235 e. The number of hydrogen-bond donors (Lipinski definition) is 0. The molecule has 444 valence electrons. The van der Waals surface area contributed by atoms with Gasteiger partial charge >= 0.3 is 0 Å². The zero-order valence-electron chi connectivity index (χ0n) is 49.7. The second kappa shape index (κ2) is 18.8. The largest absolute Gasteiger partial charge is 0.354 e. The number of ether oxygens (including phenoxy) is 6. The monoisotopic (exact) mass is 1110 g/mol. The first-order valence-electron chi connectivity index (χ1n) is 35.3. The molecule has 0 unspecified atom stereocenters. The third-order valence-corrected chi connectivity index (χ3v) is 28.5. The molecule has 81 heavy (non-hydrogen) atoms. The van der Waals surface area contributed by atoms with E-state index in [1.807, 2.05) is 0 Å². The molecule has 24 aliphatic carbocycles. The fourth-order valence-electron chi connectivity index (χ4n) is 27.8. The van der Waals surface area contributed by atoms with Gasteiger partial charge in [-0.1, -0.05) is 0 Å². The normalized spacial score (nSPS) is 52.3. The van der Waals surface area contributed by atoms with Crippen molar-refractivity contribution < 1.29 is 28.4 Å². The highest BCUT2D eigenvalue weighted by molar-refractivity contribution is 5.46. The second-order valence-corrected chi connectivity index (χ2v) is 35.1. The molecule has 24 bridgehead atoms. The molecule has 0 aliphatic heterocycles.